The molecule has 5 nitrogen and oxygen atoms in total. The van der Waals surface area contributed by atoms with Crippen LogP contribution in [-0.2, 0) is 0 Å². The lowest BCUT2D eigenvalue weighted by Gasteiger charge is -2.30. The summed E-state index contributed by atoms with van der Waals surface area (Å²) in [5.41, 5.74) is 1.10. The number of imidazole rings is 1. The van der Waals surface area contributed by atoms with E-state index in [-0.39, 0.29) is 0 Å². The standard InChI is InChI=1S/C16H23N5/c1-12(2)15-19-8-10-21(15)16-14(17-6-7-18-16)13-5-4-9-20(3)11-13/h6-8,10,12-13H,4-5,9,11H2,1-3H3. The van der Waals surface area contributed by atoms with E-state index in [1.54, 1.807) is 12.4 Å². The minimum Gasteiger partial charge on any atom is -0.306 e. The van der Waals surface area contributed by atoms with Crippen LogP contribution in [0.15, 0.2) is 24.8 Å². The van der Waals surface area contributed by atoms with Crippen LogP contribution < -0.4 is 0 Å². The Morgan fingerprint density at radius 1 is 1.14 bits per heavy atom. The van der Waals surface area contributed by atoms with Crippen LogP contribution in [0, 0.1) is 0 Å². The fourth-order valence-electron chi connectivity index (χ4n) is 3.13. The zero-order valence-electron chi connectivity index (χ0n) is 13.0. The maximum Gasteiger partial charge on any atom is 0.160 e. The topological polar surface area (TPSA) is 46.8 Å². The third kappa shape index (κ3) is 2.83. The first-order chi connectivity index (χ1) is 10.2. The van der Waals surface area contributed by atoms with Crippen LogP contribution in [0.2, 0.25) is 0 Å². The van der Waals surface area contributed by atoms with Gasteiger partial charge in [-0.15, -0.1) is 0 Å². The van der Waals surface area contributed by atoms with Crippen molar-refractivity contribution in [1.29, 1.82) is 0 Å². The molecule has 112 valence electrons. The van der Waals surface area contributed by atoms with Crippen LogP contribution in [0.3, 0.4) is 0 Å². The number of likely N-dealkylation sites (tertiary alicyclic amines) is 1. The highest BCUT2D eigenvalue weighted by Gasteiger charge is 2.24. The summed E-state index contributed by atoms with van der Waals surface area (Å²) in [5, 5.41) is 0. The van der Waals surface area contributed by atoms with Gasteiger partial charge in [0, 0.05) is 43.2 Å². The molecule has 2 aromatic rings. The molecule has 3 heterocycles. The Kier molecular flexibility index (Phi) is 4.01. The molecule has 0 bridgehead atoms. The molecular formula is C16H23N5. The number of aromatic nitrogens is 4. The van der Waals surface area contributed by atoms with Gasteiger partial charge in [-0.25, -0.2) is 9.97 Å². The van der Waals surface area contributed by atoms with Crippen molar-refractivity contribution in [2.45, 2.75) is 38.5 Å². The molecule has 2 aromatic heterocycles. The molecule has 1 unspecified atom stereocenters. The van der Waals surface area contributed by atoms with Crippen LogP contribution in [-0.4, -0.2) is 44.6 Å². The van der Waals surface area contributed by atoms with Crippen molar-refractivity contribution in [1.82, 2.24) is 24.4 Å². The molecule has 0 N–H and O–H groups in total. The molecule has 1 atom stereocenters. The monoisotopic (exact) mass is 285 g/mol. The Balaban J connectivity index is 2.01. The number of rotatable bonds is 3. The van der Waals surface area contributed by atoms with Crippen molar-refractivity contribution in [3.63, 3.8) is 0 Å². The van der Waals surface area contributed by atoms with Crippen molar-refractivity contribution in [2.75, 3.05) is 20.1 Å². The molecule has 0 amide bonds. The molecular weight excluding hydrogens is 262 g/mol. The minimum atomic E-state index is 0.365. The smallest absolute Gasteiger partial charge is 0.160 e. The zero-order chi connectivity index (χ0) is 14.8. The second kappa shape index (κ2) is 5.93. The van der Waals surface area contributed by atoms with Gasteiger partial charge in [0.1, 0.15) is 5.82 Å². The Morgan fingerprint density at radius 2 is 1.95 bits per heavy atom. The first-order valence-electron chi connectivity index (χ1n) is 7.70. The maximum absolute atomic E-state index is 4.66. The first kappa shape index (κ1) is 14.2. The molecule has 1 saturated heterocycles. The van der Waals surface area contributed by atoms with Gasteiger partial charge in [-0.2, -0.15) is 0 Å². The second-order valence-corrected chi connectivity index (χ2v) is 6.18. The Labute approximate surface area is 126 Å². The molecule has 0 saturated carbocycles. The Morgan fingerprint density at radius 3 is 2.71 bits per heavy atom. The van der Waals surface area contributed by atoms with Crippen LogP contribution in [0.1, 0.15) is 50.0 Å². The summed E-state index contributed by atoms with van der Waals surface area (Å²) < 4.78 is 2.10. The molecule has 3 rings (SSSR count). The van der Waals surface area contributed by atoms with Crippen LogP contribution in [0.25, 0.3) is 5.82 Å². The van der Waals surface area contributed by atoms with Gasteiger partial charge in [-0.3, -0.25) is 9.55 Å². The van der Waals surface area contributed by atoms with E-state index < -0.39 is 0 Å². The maximum atomic E-state index is 4.66. The Bertz CT molecular complexity index is 604. The lowest BCUT2D eigenvalue weighted by Crippen LogP contribution is -2.32. The summed E-state index contributed by atoms with van der Waals surface area (Å²) in [7, 11) is 2.18. The van der Waals surface area contributed by atoms with Crippen molar-refractivity contribution in [3.8, 4) is 5.82 Å². The number of likely N-dealkylation sites (N-methyl/N-ethyl adjacent to an activating group) is 1. The number of nitrogens with zero attached hydrogens (tertiary/aromatic N) is 5. The first-order valence-corrected chi connectivity index (χ1v) is 7.70. The van der Waals surface area contributed by atoms with E-state index in [1.807, 2.05) is 12.4 Å². The Hall–Kier alpha value is -1.75. The van der Waals surface area contributed by atoms with Crippen molar-refractivity contribution < 1.29 is 0 Å². The summed E-state index contributed by atoms with van der Waals surface area (Å²) in [6.45, 7) is 6.54. The summed E-state index contributed by atoms with van der Waals surface area (Å²) in [6.07, 6.45) is 9.82. The highest BCUT2D eigenvalue weighted by molar-refractivity contribution is 5.33. The van der Waals surface area contributed by atoms with Gasteiger partial charge in [-0.05, 0) is 26.4 Å². The number of piperidine rings is 1. The molecule has 1 aliphatic rings. The molecule has 21 heavy (non-hydrogen) atoms. The summed E-state index contributed by atoms with van der Waals surface area (Å²) in [6, 6.07) is 0. The SMILES string of the molecule is CC(C)c1nccn1-c1nccnc1C1CCCN(C)C1. The van der Waals surface area contributed by atoms with E-state index in [9.17, 15) is 0 Å². The normalized spacial score (nSPS) is 20.1. The molecule has 1 fully saturated rings. The summed E-state index contributed by atoms with van der Waals surface area (Å²) in [5.74, 6) is 2.80. The zero-order valence-corrected chi connectivity index (χ0v) is 13.0. The van der Waals surface area contributed by atoms with Crippen molar-refractivity contribution >= 4 is 0 Å². The van der Waals surface area contributed by atoms with Crippen molar-refractivity contribution in [2.24, 2.45) is 0 Å². The number of hydrogen-bond donors (Lipinski definition) is 0. The third-order valence-electron chi connectivity index (χ3n) is 4.13. The van der Waals surface area contributed by atoms with Crippen LogP contribution in [0.4, 0.5) is 0 Å². The van der Waals surface area contributed by atoms with Crippen LogP contribution in [0.5, 0.6) is 0 Å². The molecule has 0 aromatic carbocycles. The number of hydrogen-bond acceptors (Lipinski definition) is 4. The molecule has 0 radical (unpaired) electrons. The summed E-state index contributed by atoms with van der Waals surface area (Å²) in [4.78, 5) is 16.1. The molecule has 0 spiro atoms. The van der Waals surface area contributed by atoms with E-state index in [0.29, 0.717) is 11.8 Å². The quantitative estimate of drug-likeness (QED) is 0.869. The lowest BCUT2D eigenvalue weighted by molar-refractivity contribution is 0.248. The average Bonchev–Trinajstić information content (AvgIpc) is 2.97. The predicted octanol–water partition coefficient (Wildman–Crippen LogP) is 2.59. The fraction of sp³-hybridized carbons (Fsp3) is 0.562. The van der Waals surface area contributed by atoms with Gasteiger partial charge in [0.15, 0.2) is 5.82 Å². The molecule has 1 aliphatic heterocycles. The van der Waals surface area contributed by atoms with E-state index >= 15 is 0 Å². The average molecular weight is 285 g/mol. The van der Waals surface area contributed by atoms with Crippen molar-refractivity contribution in [3.05, 3.63) is 36.3 Å². The third-order valence-corrected chi connectivity index (χ3v) is 4.13. The predicted molar refractivity (Wildman–Crippen MR) is 82.7 cm³/mol. The summed E-state index contributed by atoms with van der Waals surface area (Å²) >= 11 is 0. The van der Waals surface area contributed by atoms with Gasteiger partial charge in [-0.1, -0.05) is 13.8 Å². The molecule has 5 heteroatoms. The van der Waals surface area contributed by atoms with E-state index in [0.717, 1.165) is 23.9 Å². The highest BCUT2D eigenvalue weighted by atomic mass is 15.1. The van der Waals surface area contributed by atoms with Gasteiger partial charge >= 0.3 is 0 Å². The fourth-order valence-corrected chi connectivity index (χ4v) is 3.13. The van der Waals surface area contributed by atoms with E-state index in [4.69, 9.17) is 0 Å². The second-order valence-electron chi connectivity index (χ2n) is 6.18. The highest BCUT2D eigenvalue weighted by Crippen LogP contribution is 2.29. The minimum absolute atomic E-state index is 0.365. The van der Waals surface area contributed by atoms with Gasteiger partial charge in [0.25, 0.3) is 0 Å². The van der Waals surface area contributed by atoms with E-state index in [2.05, 4.69) is 45.3 Å². The lowest BCUT2D eigenvalue weighted by atomic mass is 9.94. The van der Waals surface area contributed by atoms with Gasteiger partial charge in [0.2, 0.25) is 0 Å². The molecule has 0 aliphatic carbocycles. The van der Waals surface area contributed by atoms with Gasteiger partial charge < -0.3 is 4.90 Å². The van der Waals surface area contributed by atoms with Crippen LogP contribution >= 0.6 is 0 Å². The largest absolute Gasteiger partial charge is 0.306 e. The van der Waals surface area contributed by atoms with Gasteiger partial charge in [0.05, 0.1) is 5.69 Å². The van der Waals surface area contributed by atoms with E-state index in [1.165, 1.54) is 19.4 Å².